The van der Waals surface area contributed by atoms with Crippen molar-refractivity contribution in [1.82, 2.24) is 4.90 Å². The van der Waals surface area contributed by atoms with E-state index in [1.165, 1.54) is 5.57 Å². The van der Waals surface area contributed by atoms with Crippen LogP contribution in [0.3, 0.4) is 0 Å². The van der Waals surface area contributed by atoms with Gasteiger partial charge >= 0.3 is 0 Å². The quantitative estimate of drug-likeness (QED) is 0.650. The van der Waals surface area contributed by atoms with E-state index in [9.17, 15) is 0 Å². The van der Waals surface area contributed by atoms with Crippen LogP contribution in [-0.2, 0) is 4.74 Å². The van der Waals surface area contributed by atoms with Crippen molar-refractivity contribution in [2.24, 2.45) is 0 Å². The van der Waals surface area contributed by atoms with Crippen LogP contribution in [0.15, 0.2) is 35.3 Å². The molecule has 0 amide bonds. The highest BCUT2D eigenvalue weighted by Gasteiger charge is 2.18. The molecule has 0 saturated carbocycles. The highest BCUT2D eigenvalue weighted by Crippen LogP contribution is 2.11. The number of rotatable bonds is 3. The molecule has 0 aromatic rings. The second kappa shape index (κ2) is 5.16. The van der Waals surface area contributed by atoms with Crippen molar-refractivity contribution in [3.8, 4) is 0 Å². The third kappa shape index (κ3) is 2.95. The molecule has 2 nitrogen and oxygen atoms in total. The molecule has 0 spiro atoms. The minimum atomic E-state index is 0.415. The third-order valence-electron chi connectivity index (χ3n) is 2.81. The van der Waals surface area contributed by atoms with E-state index in [1.807, 2.05) is 12.2 Å². The van der Waals surface area contributed by atoms with E-state index in [0.717, 1.165) is 32.7 Å². The minimum Gasteiger partial charge on any atom is -0.376 e. The largest absolute Gasteiger partial charge is 0.376 e. The summed E-state index contributed by atoms with van der Waals surface area (Å²) in [5.41, 5.74) is 7.23. The number of allylic oxidation sites excluding steroid dienone is 2. The Bertz CT molecular complexity index is 344. The number of nitrogens with zero attached hydrogens (tertiary/aromatic N) is 1. The van der Waals surface area contributed by atoms with Crippen LogP contribution >= 0.6 is 0 Å². The molecular formula is C13H17NO. The van der Waals surface area contributed by atoms with Gasteiger partial charge in [-0.3, -0.25) is 4.90 Å². The van der Waals surface area contributed by atoms with Crippen LogP contribution in [0.2, 0.25) is 0 Å². The lowest BCUT2D eigenvalue weighted by Gasteiger charge is -2.32. The molecule has 2 heteroatoms. The molecule has 1 aliphatic carbocycles. The van der Waals surface area contributed by atoms with E-state index in [1.54, 1.807) is 0 Å². The van der Waals surface area contributed by atoms with Crippen molar-refractivity contribution < 1.29 is 4.74 Å². The van der Waals surface area contributed by atoms with Crippen LogP contribution in [0, 0.1) is 0 Å². The number of hydrogen-bond donors (Lipinski definition) is 0. The Kier molecular flexibility index (Phi) is 3.60. The van der Waals surface area contributed by atoms with Crippen LogP contribution < -0.4 is 0 Å². The van der Waals surface area contributed by atoms with Gasteiger partial charge < -0.3 is 4.74 Å². The summed E-state index contributed by atoms with van der Waals surface area (Å²) in [6, 6.07) is 0. The number of hydrogen-bond acceptors (Lipinski definition) is 2. The third-order valence-corrected chi connectivity index (χ3v) is 2.81. The zero-order chi connectivity index (χ0) is 10.5. The first-order valence-electron chi connectivity index (χ1n) is 5.59. The summed E-state index contributed by atoms with van der Waals surface area (Å²) in [5, 5.41) is 0. The molecule has 0 bridgehead atoms. The molecule has 2 aliphatic rings. The van der Waals surface area contributed by atoms with Crippen molar-refractivity contribution in [3.05, 3.63) is 35.3 Å². The first kappa shape index (κ1) is 10.5. The van der Waals surface area contributed by atoms with Gasteiger partial charge in [0.05, 0.1) is 12.7 Å². The molecule has 1 aliphatic heterocycles. The Morgan fingerprint density at radius 1 is 1.53 bits per heavy atom. The lowest BCUT2D eigenvalue weighted by Crippen LogP contribution is -2.42. The second-order valence-electron chi connectivity index (χ2n) is 3.98. The Labute approximate surface area is 91.2 Å². The SMILES string of the molecule is CCC1CN(CC2=CC=C=C=C2)CCO1. The molecule has 0 N–H and O–H groups in total. The second-order valence-corrected chi connectivity index (χ2v) is 3.98. The summed E-state index contributed by atoms with van der Waals surface area (Å²) >= 11 is 0. The van der Waals surface area contributed by atoms with Crippen LogP contribution in [0.4, 0.5) is 0 Å². The minimum absolute atomic E-state index is 0.415. The summed E-state index contributed by atoms with van der Waals surface area (Å²) in [6.07, 6.45) is 7.56. The smallest absolute Gasteiger partial charge is 0.0700 e. The molecule has 15 heavy (non-hydrogen) atoms. The molecule has 1 atom stereocenters. The van der Waals surface area contributed by atoms with Gasteiger partial charge in [-0.05, 0) is 30.2 Å². The van der Waals surface area contributed by atoms with E-state index in [2.05, 4.69) is 29.4 Å². The Morgan fingerprint density at radius 2 is 2.47 bits per heavy atom. The van der Waals surface area contributed by atoms with Crippen molar-refractivity contribution in [1.29, 1.82) is 0 Å². The van der Waals surface area contributed by atoms with Crippen molar-refractivity contribution in [2.75, 3.05) is 26.2 Å². The summed E-state index contributed by atoms with van der Waals surface area (Å²) in [5.74, 6) is 0. The zero-order valence-corrected chi connectivity index (χ0v) is 9.20. The molecule has 0 aromatic heterocycles. The van der Waals surface area contributed by atoms with E-state index < -0.39 is 0 Å². The molecule has 1 unspecified atom stereocenters. The predicted molar refractivity (Wildman–Crippen MR) is 60.7 cm³/mol. The van der Waals surface area contributed by atoms with Gasteiger partial charge in [0.25, 0.3) is 0 Å². The topological polar surface area (TPSA) is 12.5 Å². The van der Waals surface area contributed by atoms with Gasteiger partial charge in [0.15, 0.2) is 0 Å². The first-order chi connectivity index (χ1) is 7.38. The van der Waals surface area contributed by atoms with Crippen molar-refractivity contribution in [3.63, 3.8) is 0 Å². The van der Waals surface area contributed by atoms with Gasteiger partial charge in [0, 0.05) is 19.6 Å². The highest BCUT2D eigenvalue weighted by molar-refractivity contribution is 5.28. The van der Waals surface area contributed by atoms with Gasteiger partial charge in [-0.2, -0.15) is 0 Å². The van der Waals surface area contributed by atoms with Gasteiger partial charge in [-0.25, -0.2) is 0 Å². The number of morpholine rings is 1. The molecule has 0 aromatic carbocycles. The maximum Gasteiger partial charge on any atom is 0.0700 e. The standard InChI is InChI=1S/C13H17NO/c1-2-13-11-14(8-9-15-13)10-12-6-4-3-5-7-12/h4,6-7,13H,2,8-11H2,1H3. The average Bonchev–Trinajstić information content (AvgIpc) is 2.31. The Balaban J connectivity index is 1.87. The van der Waals surface area contributed by atoms with Gasteiger partial charge in [-0.15, -0.1) is 0 Å². The predicted octanol–water partition coefficient (Wildman–Crippen LogP) is 1.90. The Hall–Kier alpha value is -1.04. The summed E-state index contributed by atoms with van der Waals surface area (Å²) < 4.78 is 5.64. The molecule has 1 fully saturated rings. The summed E-state index contributed by atoms with van der Waals surface area (Å²) in [4.78, 5) is 2.45. The molecule has 1 heterocycles. The maximum atomic E-state index is 5.64. The zero-order valence-electron chi connectivity index (χ0n) is 9.20. The lowest BCUT2D eigenvalue weighted by molar-refractivity contribution is -0.0262. The molecule has 1 saturated heterocycles. The average molecular weight is 203 g/mol. The van der Waals surface area contributed by atoms with Gasteiger partial charge in [0.1, 0.15) is 0 Å². The van der Waals surface area contributed by atoms with Crippen molar-refractivity contribution >= 4 is 0 Å². The Morgan fingerprint density at radius 3 is 3.20 bits per heavy atom. The van der Waals surface area contributed by atoms with Crippen LogP contribution in [0.1, 0.15) is 13.3 Å². The van der Waals surface area contributed by atoms with Gasteiger partial charge in [-0.1, -0.05) is 18.4 Å². The van der Waals surface area contributed by atoms with E-state index in [0.29, 0.717) is 6.10 Å². The van der Waals surface area contributed by atoms with Crippen molar-refractivity contribution in [2.45, 2.75) is 19.4 Å². The molecule has 0 radical (unpaired) electrons. The summed E-state index contributed by atoms with van der Waals surface area (Å²) in [7, 11) is 0. The van der Waals surface area contributed by atoms with Crippen LogP contribution in [-0.4, -0.2) is 37.2 Å². The molecule has 80 valence electrons. The van der Waals surface area contributed by atoms with E-state index >= 15 is 0 Å². The normalized spacial score (nSPS) is 25.7. The first-order valence-corrected chi connectivity index (χ1v) is 5.59. The highest BCUT2D eigenvalue weighted by atomic mass is 16.5. The lowest BCUT2D eigenvalue weighted by atomic mass is 10.1. The fourth-order valence-electron chi connectivity index (χ4n) is 1.91. The maximum absolute atomic E-state index is 5.64. The number of ether oxygens (including phenoxy) is 1. The molecule has 2 rings (SSSR count). The monoisotopic (exact) mass is 203 g/mol. The summed E-state index contributed by atoms with van der Waals surface area (Å²) in [6.45, 7) is 6.13. The van der Waals surface area contributed by atoms with Crippen LogP contribution in [0.5, 0.6) is 0 Å². The van der Waals surface area contributed by atoms with E-state index in [4.69, 9.17) is 4.74 Å². The molecular weight excluding hydrogens is 186 g/mol. The van der Waals surface area contributed by atoms with Crippen LogP contribution in [0.25, 0.3) is 0 Å². The fourth-order valence-corrected chi connectivity index (χ4v) is 1.91. The fraction of sp³-hybridized carbons (Fsp3) is 0.538. The van der Waals surface area contributed by atoms with Gasteiger partial charge in [0.2, 0.25) is 0 Å². The van der Waals surface area contributed by atoms with E-state index in [-0.39, 0.29) is 0 Å².